The fraction of sp³-hybridized carbons (Fsp3) is 0.368. The van der Waals surface area contributed by atoms with E-state index in [1.807, 2.05) is 0 Å². The number of benzene rings is 2. The van der Waals surface area contributed by atoms with Crippen molar-refractivity contribution in [3.05, 3.63) is 71.8 Å². The summed E-state index contributed by atoms with van der Waals surface area (Å²) in [5.41, 5.74) is 9.09. The quantitative estimate of drug-likeness (QED) is 0.932. The van der Waals surface area contributed by atoms with Crippen LogP contribution in [-0.4, -0.2) is 24.0 Å². The molecule has 21 heavy (non-hydrogen) atoms. The monoisotopic (exact) mass is 280 g/mol. The second kappa shape index (κ2) is 6.88. The number of rotatable bonds is 4. The van der Waals surface area contributed by atoms with Gasteiger partial charge in [-0.3, -0.25) is 4.90 Å². The summed E-state index contributed by atoms with van der Waals surface area (Å²) >= 11 is 0. The lowest BCUT2D eigenvalue weighted by Gasteiger charge is -2.36. The van der Waals surface area contributed by atoms with Gasteiger partial charge in [-0.05, 0) is 29.9 Å². The normalized spacial score (nSPS) is 23.1. The van der Waals surface area contributed by atoms with E-state index in [0.29, 0.717) is 12.0 Å². The van der Waals surface area contributed by atoms with Gasteiger partial charge in [0.05, 0.1) is 0 Å². The SMILES string of the molecule is N[C@H]1CC(Cc2ccccc2)CN(Cc2ccccc2)C1. The van der Waals surface area contributed by atoms with E-state index in [-0.39, 0.29) is 0 Å². The molecule has 1 aliphatic heterocycles. The van der Waals surface area contributed by atoms with Crippen LogP contribution in [0, 0.1) is 5.92 Å². The van der Waals surface area contributed by atoms with E-state index in [1.54, 1.807) is 0 Å². The molecule has 0 saturated carbocycles. The summed E-state index contributed by atoms with van der Waals surface area (Å²) in [7, 11) is 0. The number of piperidine rings is 1. The van der Waals surface area contributed by atoms with Crippen LogP contribution in [0.2, 0.25) is 0 Å². The van der Waals surface area contributed by atoms with Crippen molar-refractivity contribution < 1.29 is 0 Å². The number of hydrogen-bond acceptors (Lipinski definition) is 2. The molecule has 0 aromatic heterocycles. The van der Waals surface area contributed by atoms with E-state index < -0.39 is 0 Å². The summed E-state index contributed by atoms with van der Waals surface area (Å²) in [6.07, 6.45) is 2.28. The zero-order valence-electron chi connectivity index (χ0n) is 12.5. The van der Waals surface area contributed by atoms with Crippen LogP contribution in [0.5, 0.6) is 0 Å². The van der Waals surface area contributed by atoms with Gasteiger partial charge in [0.1, 0.15) is 0 Å². The molecule has 3 rings (SSSR count). The van der Waals surface area contributed by atoms with Crippen LogP contribution in [0.15, 0.2) is 60.7 Å². The number of hydrogen-bond donors (Lipinski definition) is 1. The Bertz CT molecular complexity index is 489. The Morgan fingerprint density at radius 2 is 1.48 bits per heavy atom. The maximum Gasteiger partial charge on any atom is 0.0234 e. The van der Waals surface area contributed by atoms with Gasteiger partial charge in [0.25, 0.3) is 0 Å². The zero-order valence-corrected chi connectivity index (χ0v) is 12.5. The molecular weight excluding hydrogens is 256 g/mol. The van der Waals surface area contributed by atoms with Gasteiger partial charge in [0, 0.05) is 25.7 Å². The van der Waals surface area contributed by atoms with E-state index >= 15 is 0 Å². The highest BCUT2D eigenvalue weighted by Gasteiger charge is 2.25. The zero-order chi connectivity index (χ0) is 14.5. The van der Waals surface area contributed by atoms with Crippen molar-refractivity contribution in [1.29, 1.82) is 0 Å². The molecule has 1 aliphatic rings. The van der Waals surface area contributed by atoms with Gasteiger partial charge in [-0.15, -0.1) is 0 Å². The van der Waals surface area contributed by atoms with Gasteiger partial charge in [0.2, 0.25) is 0 Å². The molecule has 0 radical (unpaired) electrons. The van der Waals surface area contributed by atoms with Crippen LogP contribution in [0.3, 0.4) is 0 Å². The van der Waals surface area contributed by atoms with Crippen molar-refractivity contribution in [2.24, 2.45) is 11.7 Å². The summed E-state index contributed by atoms with van der Waals surface area (Å²) in [5, 5.41) is 0. The number of nitrogens with two attached hydrogens (primary N) is 1. The summed E-state index contributed by atoms with van der Waals surface area (Å²) in [6.45, 7) is 3.18. The molecule has 0 amide bonds. The summed E-state index contributed by atoms with van der Waals surface area (Å²) in [5.74, 6) is 0.667. The molecule has 1 heterocycles. The van der Waals surface area contributed by atoms with E-state index in [0.717, 1.165) is 32.5 Å². The second-order valence-electron chi connectivity index (χ2n) is 6.23. The Balaban J connectivity index is 1.62. The third-order valence-corrected chi connectivity index (χ3v) is 4.26. The van der Waals surface area contributed by atoms with Crippen LogP contribution in [0.4, 0.5) is 0 Å². The Labute approximate surface area is 127 Å². The van der Waals surface area contributed by atoms with Crippen molar-refractivity contribution in [1.82, 2.24) is 4.90 Å². The average Bonchev–Trinajstić information content (AvgIpc) is 2.48. The van der Waals surface area contributed by atoms with E-state index in [2.05, 4.69) is 65.6 Å². The standard InChI is InChI=1S/C19H24N2/c20-19-12-18(11-16-7-3-1-4-8-16)14-21(15-19)13-17-9-5-2-6-10-17/h1-10,18-19H,11-15,20H2/t18?,19-/m0/s1. The van der Waals surface area contributed by atoms with Crippen LogP contribution in [0.1, 0.15) is 17.5 Å². The molecule has 2 nitrogen and oxygen atoms in total. The molecule has 2 aromatic carbocycles. The van der Waals surface area contributed by atoms with E-state index in [1.165, 1.54) is 11.1 Å². The molecule has 0 spiro atoms. The Hall–Kier alpha value is -1.64. The highest BCUT2D eigenvalue weighted by molar-refractivity contribution is 5.16. The summed E-state index contributed by atoms with van der Waals surface area (Å²) < 4.78 is 0. The largest absolute Gasteiger partial charge is 0.327 e. The van der Waals surface area contributed by atoms with Gasteiger partial charge in [-0.25, -0.2) is 0 Å². The molecule has 0 aliphatic carbocycles. The van der Waals surface area contributed by atoms with E-state index in [9.17, 15) is 0 Å². The molecule has 0 bridgehead atoms. The third-order valence-electron chi connectivity index (χ3n) is 4.26. The van der Waals surface area contributed by atoms with Crippen molar-refractivity contribution in [3.8, 4) is 0 Å². The molecule has 2 aromatic rings. The molecule has 1 unspecified atom stereocenters. The van der Waals surface area contributed by atoms with Gasteiger partial charge < -0.3 is 5.73 Å². The molecule has 2 N–H and O–H groups in total. The third kappa shape index (κ3) is 4.16. The first-order chi connectivity index (χ1) is 10.3. The summed E-state index contributed by atoms with van der Waals surface area (Å²) in [6, 6.07) is 21.8. The number of nitrogens with zero attached hydrogens (tertiary/aromatic N) is 1. The molecule has 2 atom stereocenters. The summed E-state index contributed by atoms with van der Waals surface area (Å²) in [4.78, 5) is 2.51. The van der Waals surface area contributed by atoms with Crippen molar-refractivity contribution >= 4 is 0 Å². The van der Waals surface area contributed by atoms with Crippen LogP contribution in [0.25, 0.3) is 0 Å². The second-order valence-corrected chi connectivity index (χ2v) is 6.23. The average molecular weight is 280 g/mol. The number of likely N-dealkylation sites (tertiary alicyclic amines) is 1. The minimum Gasteiger partial charge on any atom is -0.327 e. The minimum atomic E-state index is 0.302. The first-order valence-corrected chi connectivity index (χ1v) is 7.85. The molecule has 1 fully saturated rings. The maximum absolute atomic E-state index is 6.28. The highest BCUT2D eigenvalue weighted by atomic mass is 15.1. The lowest BCUT2D eigenvalue weighted by Crippen LogP contribution is -2.47. The van der Waals surface area contributed by atoms with Crippen molar-refractivity contribution in [3.63, 3.8) is 0 Å². The smallest absolute Gasteiger partial charge is 0.0234 e. The fourth-order valence-electron chi connectivity index (χ4n) is 3.41. The van der Waals surface area contributed by atoms with Crippen LogP contribution >= 0.6 is 0 Å². The lowest BCUT2D eigenvalue weighted by atomic mass is 9.89. The molecule has 110 valence electrons. The molecule has 2 heteroatoms. The van der Waals surface area contributed by atoms with Crippen LogP contribution < -0.4 is 5.73 Å². The highest BCUT2D eigenvalue weighted by Crippen LogP contribution is 2.21. The lowest BCUT2D eigenvalue weighted by molar-refractivity contribution is 0.149. The molecule has 1 saturated heterocycles. The Kier molecular flexibility index (Phi) is 4.69. The first-order valence-electron chi connectivity index (χ1n) is 7.85. The van der Waals surface area contributed by atoms with Gasteiger partial charge in [0.15, 0.2) is 0 Å². The van der Waals surface area contributed by atoms with Gasteiger partial charge in [-0.2, -0.15) is 0 Å². The minimum absolute atomic E-state index is 0.302. The van der Waals surface area contributed by atoms with Gasteiger partial charge in [-0.1, -0.05) is 60.7 Å². The Morgan fingerprint density at radius 1 is 0.857 bits per heavy atom. The maximum atomic E-state index is 6.28. The van der Waals surface area contributed by atoms with Crippen LogP contribution in [-0.2, 0) is 13.0 Å². The van der Waals surface area contributed by atoms with Gasteiger partial charge >= 0.3 is 0 Å². The van der Waals surface area contributed by atoms with E-state index in [4.69, 9.17) is 5.73 Å². The van der Waals surface area contributed by atoms with Crippen molar-refractivity contribution in [2.75, 3.05) is 13.1 Å². The Morgan fingerprint density at radius 3 is 2.14 bits per heavy atom. The first kappa shape index (κ1) is 14.3. The predicted octanol–water partition coefficient (Wildman–Crippen LogP) is 3.08. The fourth-order valence-corrected chi connectivity index (χ4v) is 3.41. The molecular formula is C19H24N2. The topological polar surface area (TPSA) is 29.3 Å². The van der Waals surface area contributed by atoms with Crippen molar-refractivity contribution in [2.45, 2.75) is 25.4 Å². The predicted molar refractivity (Wildman–Crippen MR) is 87.9 cm³/mol.